The van der Waals surface area contributed by atoms with Crippen molar-refractivity contribution in [1.29, 1.82) is 0 Å². The molecule has 79 heavy (non-hydrogen) atoms. The standard InChI is InChI=1S/C70H135NO8/c1-3-5-7-9-11-13-15-17-19-21-23-25-27-29-30-31-32-33-34-36-38-40-42-44-46-48-50-52-54-56-58-60-66(74)71-63(62-78-70-69(77)68(76)67(75)65(61-72)79-70)64(73)59-57-55-53-51-49-47-45-43-41-39-37-35-28-26-24-22-20-18-16-14-12-10-8-6-4-2/h49,51,57,59,63-65,67-70,72-73,75-77H,3-48,50,52-56,58,60-62H2,1-2H3,(H,71,74)/b51-49+,59-57+. The monoisotopic (exact) mass is 1120 g/mol. The van der Waals surface area contributed by atoms with Crippen molar-refractivity contribution in [2.24, 2.45) is 0 Å². The van der Waals surface area contributed by atoms with Gasteiger partial charge in [-0.2, -0.15) is 0 Å². The molecule has 0 aromatic carbocycles. The largest absolute Gasteiger partial charge is 0.394 e. The van der Waals surface area contributed by atoms with Gasteiger partial charge >= 0.3 is 0 Å². The number of aliphatic hydroxyl groups excluding tert-OH is 5. The molecule has 0 aromatic heterocycles. The van der Waals surface area contributed by atoms with Crippen LogP contribution in [0.5, 0.6) is 0 Å². The first-order valence-electron chi connectivity index (χ1n) is 35.1. The molecule has 7 atom stereocenters. The molecule has 0 bridgehead atoms. The van der Waals surface area contributed by atoms with Crippen LogP contribution < -0.4 is 5.32 Å². The zero-order valence-corrected chi connectivity index (χ0v) is 52.4. The molecule has 9 heteroatoms. The van der Waals surface area contributed by atoms with E-state index in [0.717, 1.165) is 38.5 Å². The third-order valence-electron chi connectivity index (χ3n) is 17.0. The van der Waals surface area contributed by atoms with Crippen LogP contribution in [-0.4, -0.2) is 87.5 Å². The highest BCUT2D eigenvalue weighted by Gasteiger charge is 2.44. The van der Waals surface area contributed by atoms with E-state index in [9.17, 15) is 30.3 Å². The van der Waals surface area contributed by atoms with Crippen molar-refractivity contribution in [1.82, 2.24) is 5.32 Å². The molecule has 0 radical (unpaired) electrons. The van der Waals surface area contributed by atoms with Gasteiger partial charge < -0.3 is 40.3 Å². The summed E-state index contributed by atoms with van der Waals surface area (Å²) < 4.78 is 11.3. The van der Waals surface area contributed by atoms with Gasteiger partial charge in [0.2, 0.25) is 5.91 Å². The second-order valence-electron chi connectivity index (χ2n) is 24.7. The Morgan fingerprint density at radius 2 is 0.722 bits per heavy atom. The van der Waals surface area contributed by atoms with Crippen LogP contribution in [0.3, 0.4) is 0 Å². The van der Waals surface area contributed by atoms with E-state index in [2.05, 4.69) is 31.3 Å². The van der Waals surface area contributed by atoms with Gasteiger partial charge in [-0.25, -0.2) is 0 Å². The number of unbranched alkanes of at least 4 members (excludes halogenated alkanes) is 50. The predicted octanol–water partition coefficient (Wildman–Crippen LogP) is 18.9. The Balaban J connectivity index is 2.13. The molecule has 0 aromatic rings. The molecule has 7 unspecified atom stereocenters. The number of aliphatic hydroxyl groups is 5. The van der Waals surface area contributed by atoms with Crippen molar-refractivity contribution >= 4 is 5.91 Å². The minimum atomic E-state index is -1.57. The van der Waals surface area contributed by atoms with E-state index in [1.54, 1.807) is 6.08 Å². The molecule has 468 valence electrons. The summed E-state index contributed by atoms with van der Waals surface area (Å²) in [4.78, 5) is 13.1. The van der Waals surface area contributed by atoms with Crippen molar-refractivity contribution in [2.45, 2.75) is 403 Å². The molecule has 1 aliphatic heterocycles. The van der Waals surface area contributed by atoms with E-state index < -0.39 is 49.5 Å². The molecule has 1 rings (SSSR count). The van der Waals surface area contributed by atoms with E-state index in [-0.39, 0.29) is 12.5 Å². The van der Waals surface area contributed by atoms with Crippen LogP contribution in [0, 0.1) is 0 Å². The van der Waals surface area contributed by atoms with Gasteiger partial charge in [0.05, 0.1) is 25.4 Å². The maximum atomic E-state index is 13.1. The summed E-state index contributed by atoms with van der Waals surface area (Å²) in [5, 5.41) is 54.7. The lowest BCUT2D eigenvalue weighted by atomic mass is 9.99. The zero-order valence-electron chi connectivity index (χ0n) is 52.4. The molecule has 0 saturated carbocycles. The first-order chi connectivity index (χ1) is 38.8. The SMILES string of the molecule is CCCCCCCCCCCCCCCCCCCCC/C=C/CC/C=C/C(O)C(COC1OC(CO)C(O)C(O)C1O)NC(=O)CCCCCCCCCCCCCCCCCCCCCCCCCCCCCCCCC. The van der Waals surface area contributed by atoms with Crippen LogP contribution in [0.15, 0.2) is 24.3 Å². The summed E-state index contributed by atoms with van der Waals surface area (Å²) in [7, 11) is 0. The highest BCUT2D eigenvalue weighted by molar-refractivity contribution is 5.76. The van der Waals surface area contributed by atoms with Crippen molar-refractivity contribution in [3.63, 3.8) is 0 Å². The Morgan fingerprint density at radius 3 is 1.06 bits per heavy atom. The van der Waals surface area contributed by atoms with Crippen LogP contribution >= 0.6 is 0 Å². The van der Waals surface area contributed by atoms with Gasteiger partial charge in [0.15, 0.2) is 6.29 Å². The molecule has 1 aliphatic rings. The summed E-state index contributed by atoms with van der Waals surface area (Å²) >= 11 is 0. The van der Waals surface area contributed by atoms with Gasteiger partial charge in [0.25, 0.3) is 0 Å². The lowest BCUT2D eigenvalue weighted by Crippen LogP contribution is -2.60. The van der Waals surface area contributed by atoms with Crippen molar-refractivity contribution in [2.75, 3.05) is 13.2 Å². The van der Waals surface area contributed by atoms with E-state index in [0.29, 0.717) is 6.42 Å². The van der Waals surface area contributed by atoms with Gasteiger partial charge in [-0.05, 0) is 32.1 Å². The van der Waals surface area contributed by atoms with E-state index in [1.807, 2.05) is 6.08 Å². The number of rotatable bonds is 62. The quantitative estimate of drug-likeness (QED) is 0.0261. The molecule has 0 aliphatic carbocycles. The number of amides is 1. The van der Waals surface area contributed by atoms with Gasteiger partial charge in [0, 0.05) is 6.42 Å². The molecule has 1 heterocycles. The minimum Gasteiger partial charge on any atom is -0.394 e. The second-order valence-corrected chi connectivity index (χ2v) is 24.7. The highest BCUT2D eigenvalue weighted by Crippen LogP contribution is 2.23. The Hall–Kier alpha value is -1.33. The summed E-state index contributed by atoms with van der Waals surface area (Å²) in [6, 6.07) is -0.820. The van der Waals surface area contributed by atoms with E-state index >= 15 is 0 Å². The fourth-order valence-corrected chi connectivity index (χ4v) is 11.5. The van der Waals surface area contributed by atoms with Gasteiger partial charge in [-0.15, -0.1) is 0 Å². The molecule has 1 fully saturated rings. The van der Waals surface area contributed by atoms with Gasteiger partial charge in [-0.1, -0.05) is 346 Å². The molecule has 6 N–H and O–H groups in total. The number of allylic oxidation sites excluding steroid dienone is 3. The average molecular weight is 1120 g/mol. The Labute approximate surface area is 489 Å². The first kappa shape index (κ1) is 75.7. The summed E-state index contributed by atoms with van der Waals surface area (Å²) in [6.45, 7) is 3.83. The molecule has 0 spiro atoms. The molecule has 9 nitrogen and oxygen atoms in total. The van der Waals surface area contributed by atoms with Crippen molar-refractivity contribution in [3.05, 3.63) is 24.3 Å². The predicted molar refractivity (Wildman–Crippen MR) is 337 cm³/mol. The molecular weight excluding hydrogens is 983 g/mol. The maximum absolute atomic E-state index is 13.1. The van der Waals surface area contributed by atoms with Crippen molar-refractivity contribution < 1.29 is 39.8 Å². The fraction of sp³-hybridized carbons (Fsp3) is 0.929. The highest BCUT2D eigenvalue weighted by atomic mass is 16.7. The van der Waals surface area contributed by atoms with Gasteiger partial charge in [0.1, 0.15) is 24.4 Å². The average Bonchev–Trinajstić information content (AvgIpc) is 3.47. The van der Waals surface area contributed by atoms with Crippen LogP contribution in [0.25, 0.3) is 0 Å². The number of ether oxygens (including phenoxy) is 2. The maximum Gasteiger partial charge on any atom is 0.220 e. The molecular formula is C70H135NO8. The third-order valence-corrected chi connectivity index (χ3v) is 17.0. The number of carbonyl (C=O) groups excluding carboxylic acids is 1. The van der Waals surface area contributed by atoms with Gasteiger partial charge in [-0.3, -0.25) is 4.79 Å². The molecule has 1 saturated heterocycles. The third kappa shape index (κ3) is 48.7. The van der Waals surface area contributed by atoms with Crippen LogP contribution in [0.2, 0.25) is 0 Å². The lowest BCUT2D eigenvalue weighted by Gasteiger charge is -2.40. The Bertz CT molecular complexity index is 1300. The zero-order chi connectivity index (χ0) is 57.2. The summed E-state index contributed by atoms with van der Waals surface area (Å²) in [6.07, 6.45) is 71.5. The van der Waals surface area contributed by atoms with Crippen LogP contribution in [0.1, 0.15) is 361 Å². The number of nitrogens with one attached hydrogen (secondary N) is 1. The van der Waals surface area contributed by atoms with E-state index in [1.165, 1.54) is 302 Å². The van der Waals surface area contributed by atoms with Crippen molar-refractivity contribution in [3.8, 4) is 0 Å². The topological polar surface area (TPSA) is 149 Å². The summed E-state index contributed by atoms with van der Waals surface area (Å²) in [5.41, 5.74) is 0. The second kappa shape index (κ2) is 59.8. The normalized spacial score (nSPS) is 18.6. The molecule has 1 amide bonds. The Kier molecular flexibility index (Phi) is 57.3. The smallest absolute Gasteiger partial charge is 0.220 e. The Morgan fingerprint density at radius 1 is 0.418 bits per heavy atom. The number of carbonyl (C=O) groups is 1. The lowest BCUT2D eigenvalue weighted by molar-refractivity contribution is -0.302. The van der Waals surface area contributed by atoms with E-state index in [4.69, 9.17) is 9.47 Å². The minimum absolute atomic E-state index is 0.178. The van der Waals surface area contributed by atoms with Crippen LogP contribution in [-0.2, 0) is 14.3 Å². The number of hydrogen-bond donors (Lipinski definition) is 6. The van der Waals surface area contributed by atoms with Crippen LogP contribution in [0.4, 0.5) is 0 Å². The summed E-state index contributed by atoms with van der Waals surface area (Å²) in [5.74, 6) is -0.178. The fourth-order valence-electron chi connectivity index (χ4n) is 11.5. The first-order valence-corrected chi connectivity index (χ1v) is 35.1. The number of hydrogen-bond acceptors (Lipinski definition) is 8.